The maximum absolute atomic E-state index is 3.69. The Morgan fingerprint density at radius 1 is 1.31 bits per heavy atom. The number of hydrogen-bond donors (Lipinski definition) is 1. The van der Waals surface area contributed by atoms with Crippen molar-refractivity contribution in [3.8, 4) is 0 Å². The van der Waals surface area contributed by atoms with Crippen molar-refractivity contribution in [3.63, 3.8) is 0 Å². The van der Waals surface area contributed by atoms with Crippen LogP contribution in [0.1, 0.15) is 43.9 Å². The van der Waals surface area contributed by atoms with E-state index in [1.165, 1.54) is 38.5 Å². The van der Waals surface area contributed by atoms with Crippen molar-refractivity contribution in [2.24, 2.45) is 5.92 Å². The molecule has 0 radical (unpaired) electrons. The lowest BCUT2D eigenvalue weighted by molar-refractivity contribution is 0.339. The average molecular weight is 237 g/mol. The van der Waals surface area contributed by atoms with Gasteiger partial charge in [-0.15, -0.1) is 11.3 Å². The summed E-state index contributed by atoms with van der Waals surface area (Å²) in [6.45, 7) is 3.35. The zero-order valence-electron chi connectivity index (χ0n) is 10.2. The Balaban J connectivity index is 1.96. The third-order valence-corrected chi connectivity index (χ3v) is 4.57. The van der Waals surface area contributed by atoms with E-state index in [-0.39, 0.29) is 0 Å². The van der Waals surface area contributed by atoms with Gasteiger partial charge in [0.1, 0.15) is 0 Å². The van der Waals surface area contributed by atoms with Crippen LogP contribution >= 0.6 is 11.3 Å². The minimum Gasteiger partial charge on any atom is -0.314 e. The number of hydrogen-bond acceptors (Lipinski definition) is 2. The van der Waals surface area contributed by atoms with Crippen molar-refractivity contribution in [2.75, 3.05) is 6.54 Å². The first-order valence-electron chi connectivity index (χ1n) is 6.66. The molecule has 0 bridgehead atoms. The fourth-order valence-electron chi connectivity index (χ4n) is 2.85. The van der Waals surface area contributed by atoms with Crippen LogP contribution in [0.25, 0.3) is 0 Å². The predicted molar refractivity (Wildman–Crippen MR) is 72.1 cm³/mol. The van der Waals surface area contributed by atoms with Crippen LogP contribution < -0.4 is 5.32 Å². The van der Waals surface area contributed by atoms with Gasteiger partial charge in [-0.1, -0.05) is 32.3 Å². The molecule has 1 fully saturated rings. The molecule has 0 amide bonds. The lowest BCUT2D eigenvalue weighted by Gasteiger charge is -2.25. The van der Waals surface area contributed by atoms with Gasteiger partial charge in [-0.2, -0.15) is 0 Å². The van der Waals surface area contributed by atoms with E-state index in [1.54, 1.807) is 4.88 Å². The Bertz CT molecular complexity index is 281. The summed E-state index contributed by atoms with van der Waals surface area (Å²) in [5, 5.41) is 5.89. The van der Waals surface area contributed by atoms with E-state index in [4.69, 9.17) is 0 Å². The molecule has 1 aliphatic rings. The number of nitrogens with one attached hydrogen (secondary N) is 1. The quantitative estimate of drug-likeness (QED) is 0.784. The first kappa shape index (κ1) is 12.1. The molecule has 1 N–H and O–H groups in total. The third kappa shape index (κ3) is 3.33. The molecule has 16 heavy (non-hydrogen) atoms. The Morgan fingerprint density at radius 3 is 2.94 bits per heavy atom. The zero-order chi connectivity index (χ0) is 11.2. The molecule has 0 aromatic carbocycles. The molecule has 2 heteroatoms. The SMILES string of the molecule is CCNC1CCCCCC1Cc1cccs1. The Kier molecular flexibility index (Phi) is 4.86. The van der Waals surface area contributed by atoms with Gasteiger partial charge in [0.25, 0.3) is 0 Å². The molecule has 1 saturated carbocycles. The van der Waals surface area contributed by atoms with E-state index in [9.17, 15) is 0 Å². The second-order valence-corrected chi connectivity index (χ2v) is 5.88. The fourth-order valence-corrected chi connectivity index (χ4v) is 3.65. The molecule has 2 rings (SSSR count). The first-order chi connectivity index (χ1) is 7.90. The predicted octanol–water partition coefficient (Wildman–Crippen LogP) is 3.85. The van der Waals surface area contributed by atoms with E-state index in [0.717, 1.165) is 18.5 Å². The highest BCUT2D eigenvalue weighted by Gasteiger charge is 2.23. The summed E-state index contributed by atoms with van der Waals surface area (Å²) in [6, 6.07) is 5.23. The minimum absolute atomic E-state index is 0.759. The van der Waals surface area contributed by atoms with E-state index in [2.05, 4.69) is 29.8 Å². The monoisotopic (exact) mass is 237 g/mol. The summed E-state index contributed by atoms with van der Waals surface area (Å²) in [6.07, 6.45) is 8.36. The average Bonchev–Trinajstić information content (AvgIpc) is 2.69. The molecule has 0 saturated heterocycles. The highest BCUT2D eigenvalue weighted by molar-refractivity contribution is 7.09. The maximum Gasteiger partial charge on any atom is 0.00986 e. The van der Waals surface area contributed by atoms with Crippen molar-refractivity contribution in [1.82, 2.24) is 5.32 Å². The summed E-state index contributed by atoms with van der Waals surface area (Å²) >= 11 is 1.92. The Hall–Kier alpha value is -0.340. The summed E-state index contributed by atoms with van der Waals surface area (Å²) in [7, 11) is 0. The Morgan fingerprint density at radius 2 is 2.19 bits per heavy atom. The van der Waals surface area contributed by atoms with E-state index < -0.39 is 0 Å². The molecule has 1 aliphatic carbocycles. The molecule has 90 valence electrons. The van der Waals surface area contributed by atoms with Gasteiger partial charge in [0.05, 0.1) is 0 Å². The van der Waals surface area contributed by atoms with Gasteiger partial charge >= 0.3 is 0 Å². The van der Waals surface area contributed by atoms with E-state index >= 15 is 0 Å². The molecule has 1 heterocycles. The maximum atomic E-state index is 3.69. The van der Waals surface area contributed by atoms with Crippen LogP contribution in [-0.2, 0) is 6.42 Å². The van der Waals surface area contributed by atoms with Crippen LogP contribution in [0.4, 0.5) is 0 Å². The van der Waals surface area contributed by atoms with Gasteiger partial charge in [-0.25, -0.2) is 0 Å². The molecule has 1 nitrogen and oxygen atoms in total. The van der Waals surface area contributed by atoms with Crippen LogP contribution in [-0.4, -0.2) is 12.6 Å². The summed E-state index contributed by atoms with van der Waals surface area (Å²) < 4.78 is 0. The normalized spacial score (nSPS) is 26.6. The zero-order valence-corrected chi connectivity index (χ0v) is 11.1. The summed E-state index contributed by atoms with van der Waals surface area (Å²) in [5.74, 6) is 0.862. The van der Waals surface area contributed by atoms with Gasteiger partial charge in [0.15, 0.2) is 0 Å². The molecular weight excluding hydrogens is 214 g/mol. The smallest absolute Gasteiger partial charge is 0.00986 e. The first-order valence-corrected chi connectivity index (χ1v) is 7.54. The highest BCUT2D eigenvalue weighted by Crippen LogP contribution is 2.27. The molecular formula is C14H23NS. The molecule has 2 unspecified atom stereocenters. The molecule has 0 spiro atoms. The summed E-state index contributed by atoms with van der Waals surface area (Å²) in [4.78, 5) is 1.56. The second-order valence-electron chi connectivity index (χ2n) is 4.85. The standard InChI is InChI=1S/C14H23NS/c1-2-15-14-9-5-3-4-7-12(14)11-13-8-6-10-16-13/h6,8,10,12,14-15H,2-5,7,9,11H2,1H3. The van der Waals surface area contributed by atoms with Crippen LogP contribution in [0, 0.1) is 5.92 Å². The van der Waals surface area contributed by atoms with Gasteiger partial charge in [-0.3, -0.25) is 0 Å². The number of thiophene rings is 1. The number of rotatable bonds is 4. The highest BCUT2D eigenvalue weighted by atomic mass is 32.1. The molecule has 0 aliphatic heterocycles. The van der Waals surface area contributed by atoms with Gasteiger partial charge in [0.2, 0.25) is 0 Å². The summed E-state index contributed by atoms with van der Waals surface area (Å²) in [5.41, 5.74) is 0. The van der Waals surface area contributed by atoms with Crippen LogP contribution in [0.3, 0.4) is 0 Å². The van der Waals surface area contributed by atoms with Crippen molar-refractivity contribution in [2.45, 2.75) is 51.5 Å². The topological polar surface area (TPSA) is 12.0 Å². The van der Waals surface area contributed by atoms with Gasteiger partial charge in [0, 0.05) is 10.9 Å². The van der Waals surface area contributed by atoms with Crippen molar-refractivity contribution in [1.29, 1.82) is 0 Å². The molecule has 2 atom stereocenters. The second kappa shape index (κ2) is 6.41. The van der Waals surface area contributed by atoms with Gasteiger partial charge < -0.3 is 5.32 Å². The third-order valence-electron chi connectivity index (χ3n) is 3.67. The minimum atomic E-state index is 0.759. The van der Waals surface area contributed by atoms with Crippen LogP contribution in [0.5, 0.6) is 0 Å². The molecule has 1 aromatic rings. The van der Waals surface area contributed by atoms with E-state index in [0.29, 0.717) is 0 Å². The van der Waals surface area contributed by atoms with Crippen LogP contribution in [0.15, 0.2) is 17.5 Å². The van der Waals surface area contributed by atoms with Gasteiger partial charge in [-0.05, 0) is 43.2 Å². The fraction of sp³-hybridized carbons (Fsp3) is 0.714. The molecule has 1 aromatic heterocycles. The Labute approximate surface area is 103 Å². The van der Waals surface area contributed by atoms with E-state index in [1.807, 2.05) is 11.3 Å². The van der Waals surface area contributed by atoms with Crippen molar-refractivity contribution in [3.05, 3.63) is 22.4 Å². The van der Waals surface area contributed by atoms with Crippen molar-refractivity contribution >= 4 is 11.3 Å². The lowest BCUT2D eigenvalue weighted by atomic mass is 9.91. The largest absolute Gasteiger partial charge is 0.314 e. The van der Waals surface area contributed by atoms with Crippen LogP contribution in [0.2, 0.25) is 0 Å². The lowest BCUT2D eigenvalue weighted by Crippen LogP contribution is -2.36. The van der Waals surface area contributed by atoms with Crippen molar-refractivity contribution < 1.29 is 0 Å².